The highest BCUT2D eigenvalue weighted by Gasteiger charge is 2.16. The predicted octanol–water partition coefficient (Wildman–Crippen LogP) is 1.62. The van der Waals surface area contributed by atoms with Gasteiger partial charge >= 0.3 is 0 Å². The fourth-order valence-corrected chi connectivity index (χ4v) is 3.01. The normalized spacial score (nSPS) is 13.9. The van der Waals surface area contributed by atoms with Gasteiger partial charge in [0.15, 0.2) is 0 Å². The van der Waals surface area contributed by atoms with Gasteiger partial charge in [-0.25, -0.2) is 4.98 Å². The van der Waals surface area contributed by atoms with E-state index in [-0.39, 0.29) is 18.4 Å². The van der Waals surface area contributed by atoms with Gasteiger partial charge < -0.3 is 20.3 Å². The van der Waals surface area contributed by atoms with Crippen molar-refractivity contribution in [2.45, 2.75) is 6.54 Å². The van der Waals surface area contributed by atoms with Crippen molar-refractivity contribution >= 4 is 29.2 Å². The third-order valence-corrected chi connectivity index (χ3v) is 4.51. The summed E-state index contributed by atoms with van der Waals surface area (Å²) in [5.74, 6) is 0.180. The standard InChI is InChI=1S/C19H21ClN4O3/c20-16-6-2-1-5-15(16)19(26)23-13-17(25)22-12-14-4-3-7-21-18(14)24-8-10-27-11-9-24/h1-7H,8-13H2,(H,22,25)(H,23,26). The van der Waals surface area contributed by atoms with Gasteiger partial charge in [-0.2, -0.15) is 0 Å². The first-order valence-corrected chi connectivity index (χ1v) is 9.09. The summed E-state index contributed by atoms with van der Waals surface area (Å²) >= 11 is 5.98. The first-order valence-electron chi connectivity index (χ1n) is 8.71. The lowest BCUT2D eigenvalue weighted by Crippen LogP contribution is -2.39. The number of anilines is 1. The summed E-state index contributed by atoms with van der Waals surface area (Å²) in [5.41, 5.74) is 1.26. The van der Waals surface area contributed by atoms with E-state index in [1.54, 1.807) is 30.5 Å². The van der Waals surface area contributed by atoms with Crippen LogP contribution in [0.5, 0.6) is 0 Å². The van der Waals surface area contributed by atoms with Crippen molar-refractivity contribution in [2.75, 3.05) is 37.7 Å². The maximum absolute atomic E-state index is 12.1. The average Bonchev–Trinajstić information content (AvgIpc) is 2.71. The minimum absolute atomic E-state index is 0.128. The van der Waals surface area contributed by atoms with E-state index in [0.29, 0.717) is 30.3 Å². The molecule has 2 aromatic rings. The zero-order valence-corrected chi connectivity index (χ0v) is 15.5. The summed E-state index contributed by atoms with van der Waals surface area (Å²) in [6, 6.07) is 10.5. The lowest BCUT2D eigenvalue weighted by atomic mass is 10.2. The molecule has 0 spiro atoms. The van der Waals surface area contributed by atoms with Crippen LogP contribution in [0.4, 0.5) is 5.82 Å². The summed E-state index contributed by atoms with van der Waals surface area (Å²) in [6.07, 6.45) is 1.74. The van der Waals surface area contributed by atoms with E-state index in [9.17, 15) is 9.59 Å². The van der Waals surface area contributed by atoms with Crippen molar-refractivity contribution in [2.24, 2.45) is 0 Å². The maximum atomic E-state index is 12.1. The number of nitrogens with one attached hydrogen (secondary N) is 2. The fourth-order valence-electron chi connectivity index (χ4n) is 2.79. The second-order valence-corrected chi connectivity index (χ2v) is 6.43. The Hall–Kier alpha value is -2.64. The molecule has 0 unspecified atom stereocenters. The Balaban J connectivity index is 1.52. The molecule has 0 saturated carbocycles. The molecular weight excluding hydrogens is 368 g/mol. The highest BCUT2D eigenvalue weighted by Crippen LogP contribution is 2.18. The van der Waals surface area contributed by atoms with Gasteiger partial charge in [0.25, 0.3) is 5.91 Å². The summed E-state index contributed by atoms with van der Waals surface area (Å²) in [5, 5.41) is 5.74. The smallest absolute Gasteiger partial charge is 0.253 e. The minimum atomic E-state index is -0.383. The molecule has 8 heteroatoms. The molecule has 1 fully saturated rings. The number of amides is 2. The monoisotopic (exact) mass is 388 g/mol. The number of morpholine rings is 1. The molecule has 1 aromatic heterocycles. The third kappa shape index (κ3) is 5.18. The number of rotatable bonds is 6. The summed E-state index contributed by atoms with van der Waals surface area (Å²) in [4.78, 5) is 30.8. The maximum Gasteiger partial charge on any atom is 0.253 e. The van der Waals surface area contributed by atoms with Gasteiger partial charge in [-0.15, -0.1) is 0 Å². The Morgan fingerprint density at radius 1 is 1.11 bits per heavy atom. The number of carbonyl (C=O) groups excluding carboxylic acids is 2. The largest absolute Gasteiger partial charge is 0.378 e. The molecule has 1 saturated heterocycles. The molecule has 2 N–H and O–H groups in total. The van der Waals surface area contributed by atoms with Crippen molar-refractivity contribution < 1.29 is 14.3 Å². The minimum Gasteiger partial charge on any atom is -0.378 e. The third-order valence-electron chi connectivity index (χ3n) is 4.18. The van der Waals surface area contributed by atoms with Crippen LogP contribution in [0.2, 0.25) is 5.02 Å². The SMILES string of the molecule is O=C(CNC(=O)c1ccccc1Cl)NCc1cccnc1N1CCOCC1. The van der Waals surface area contributed by atoms with Crippen LogP contribution in [-0.4, -0.2) is 49.6 Å². The van der Waals surface area contributed by atoms with Crippen LogP contribution in [0.3, 0.4) is 0 Å². The molecule has 2 amide bonds. The van der Waals surface area contributed by atoms with Crippen LogP contribution in [0.15, 0.2) is 42.6 Å². The quantitative estimate of drug-likeness (QED) is 0.785. The molecule has 7 nitrogen and oxygen atoms in total. The van der Waals surface area contributed by atoms with E-state index in [1.807, 2.05) is 12.1 Å². The molecule has 1 aromatic carbocycles. The highest BCUT2D eigenvalue weighted by atomic mass is 35.5. The lowest BCUT2D eigenvalue weighted by Gasteiger charge is -2.29. The number of benzene rings is 1. The number of ether oxygens (including phenoxy) is 1. The molecule has 0 bridgehead atoms. The van der Waals surface area contributed by atoms with E-state index < -0.39 is 0 Å². The molecule has 0 radical (unpaired) electrons. The van der Waals surface area contributed by atoms with E-state index in [0.717, 1.165) is 24.5 Å². The molecule has 1 aliphatic heterocycles. The Labute approximate surface area is 162 Å². The van der Waals surface area contributed by atoms with Crippen LogP contribution < -0.4 is 15.5 Å². The van der Waals surface area contributed by atoms with Gasteiger partial charge in [0.2, 0.25) is 5.91 Å². The predicted molar refractivity (Wildman–Crippen MR) is 103 cm³/mol. The Morgan fingerprint density at radius 3 is 2.67 bits per heavy atom. The fraction of sp³-hybridized carbons (Fsp3) is 0.316. The molecular formula is C19H21ClN4O3. The molecule has 27 heavy (non-hydrogen) atoms. The van der Waals surface area contributed by atoms with Gasteiger partial charge in [0, 0.05) is 31.4 Å². The molecule has 2 heterocycles. The van der Waals surface area contributed by atoms with Gasteiger partial charge in [0.05, 0.1) is 30.3 Å². The topological polar surface area (TPSA) is 83.6 Å². The van der Waals surface area contributed by atoms with E-state index >= 15 is 0 Å². The molecule has 142 valence electrons. The Kier molecular flexibility index (Phi) is 6.62. The Morgan fingerprint density at radius 2 is 1.89 bits per heavy atom. The molecule has 0 atom stereocenters. The van der Waals surface area contributed by atoms with Crippen molar-refractivity contribution in [3.8, 4) is 0 Å². The average molecular weight is 389 g/mol. The number of pyridine rings is 1. The number of nitrogens with zero attached hydrogens (tertiary/aromatic N) is 2. The van der Waals surface area contributed by atoms with E-state index in [1.165, 1.54) is 0 Å². The summed E-state index contributed by atoms with van der Waals surface area (Å²) in [6.45, 7) is 3.07. The summed E-state index contributed by atoms with van der Waals surface area (Å²) in [7, 11) is 0. The second kappa shape index (κ2) is 9.34. The van der Waals surface area contributed by atoms with Crippen LogP contribution >= 0.6 is 11.6 Å². The van der Waals surface area contributed by atoms with Crippen LogP contribution in [0.1, 0.15) is 15.9 Å². The Bertz CT molecular complexity index is 809. The van der Waals surface area contributed by atoms with Crippen LogP contribution in [-0.2, 0) is 16.1 Å². The summed E-state index contributed by atoms with van der Waals surface area (Å²) < 4.78 is 5.37. The van der Waals surface area contributed by atoms with Gasteiger partial charge in [0.1, 0.15) is 5.82 Å². The van der Waals surface area contributed by atoms with Crippen molar-refractivity contribution in [1.82, 2.24) is 15.6 Å². The first kappa shape index (κ1) is 19.1. The first-order chi connectivity index (χ1) is 13.1. The van der Waals surface area contributed by atoms with Crippen LogP contribution in [0, 0.1) is 0 Å². The van der Waals surface area contributed by atoms with Gasteiger partial charge in [-0.05, 0) is 18.2 Å². The zero-order valence-electron chi connectivity index (χ0n) is 14.8. The van der Waals surface area contributed by atoms with E-state index in [2.05, 4.69) is 20.5 Å². The number of hydrogen-bond donors (Lipinski definition) is 2. The van der Waals surface area contributed by atoms with Gasteiger partial charge in [-0.3, -0.25) is 9.59 Å². The molecule has 0 aliphatic carbocycles. The van der Waals surface area contributed by atoms with E-state index in [4.69, 9.17) is 16.3 Å². The number of carbonyl (C=O) groups is 2. The lowest BCUT2D eigenvalue weighted by molar-refractivity contribution is -0.120. The second-order valence-electron chi connectivity index (χ2n) is 6.02. The van der Waals surface area contributed by atoms with Gasteiger partial charge in [-0.1, -0.05) is 29.8 Å². The molecule has 1 aliphatic rings. The van der Waals surface area contributed by atoms with Crippen molar-refractivity contribution in [1.29, 1.82) is 0 Å². The van der Waals surface area contributed by atoms with Crippen molar-refractivity contribution in [3.05, 3.63) is 58.7 Å². The zero-order chi connectivity index (χ0) is 19.1. The number of hydrogen-bond acceptors (Lipinski definition) is 5. The number of halogens is 1. The highest BCUT2D eigenvalue weighted by molar-refractivity contribution is 6.33. The molecule has 3 rings (SSSR count). The number of aromatic nitrogens is 1. The van der Waals surface area contributed by atoms with Crippen LogP contribution in [0.25, 0.3) is 0 Å². The van der Waals surface area contributed by atoms with Crippen molar-refractivity contribution in [3.63, 3.8) is 0 Å².